The first-order valence-electron chi connectivity index (χ1n) is 5.00. The van der Waals surface area contributed by atoms with E-state index in [0.29, 0.717) is 0 Å². The fraction of sp³-hybridized carbons (Fsp3) is 0.0769. The monoisotopic (exact) mass is 248 g/mol. The molecular weight excluding hydrogens is 228 g/mol. The molecule has 0 radical (unpaired) electrons. The molecule has 0 amide bonds. The summed E-state index contributed by atoms with van der Waals surface area (Å²) >= 11 is 0. The van der Waals surface area contributed by atoms with E-state index in [1.54, 1.807) is 23.2 Å². The van der Waals surface area contributed by atoms with Crippen LogP contribution in [-0.4, -0.2) is 16.6 Å². The third kappa shape index (κ3) is 2.91. The lowest BCUT2D eigenvalue weighted by molar-refractivity contribution is 0.585. The Balaban J connectivity index is 5.31. The molecular formula is C13H20OSi2. The normalized spacial score (nSPS) is 14.3. The minimum atomic E-state index is -2.28. The van der Waals surface area contributed by atoms with Crippen LogP contribution >= 0.6 is 0 Å². The summed E-state index contributed by atoms with van der Waals surface area (Å²) in [6, 6.07) is 0. The van der Waals surface area contributed by atoms with Gasteiger partial charge in [-0.2, -0.15) is 0 Å². The molecule has 0 rings (SSSR count). The molecule has 0 saturated heterocycles. The van der Waals surface area contributed by atoms with Crippen molar-refractivity contribution in [1.82, 2.24) is 0 Å². The van der Waals surface area contributed by atoms with Crippen LogP contribution in [0.5, 0.6) is 0 Å². The molecule has 0 aliphatic heterocycles. The third-order valence-corrected chi connectivity index (χ3v) is 9.90. The highest BCUT2D eigenvalue weighted by atomic mass is 28.4. The van der Waals surface area contributed by atoms with Crippen LogP contribution < -0.4 is 0 Å². The van der Waals surface area contributed by atoms with Crippen molar-refractivity contribution in [2.45, 2.75) is 6.55 Å². The van der Waals surface area contributed by atoms with E-state index in [-0.39, 0.29) is 0 Å². The highest BCUT2D eigenvalue weighted by molar-refractivity contribution is 6.98. The van der Waals surface area contributed by atoms with Crippen molar-refractivity contribution in [1.29, 1.82) is 0 Å². The first kappa shape index (κ1) is 14.8. The molecule has 0 fully saturated rings. The van der Waals surface area contributed by atoms with Crippen molar-refractivity contribution < 1.29 is 4.12 Å². The molecule has 1 nitrogen and oxygen atoms in total. The van der Waals surface area contributed by atoms with Crippen LogP contribution in [-0.2, 0) is 4.12 Å². The van der Waals surface area contributed by atoms with E-state index < -0.39 is 16.6 Å². The fourth-order valence-corrected chi connectivity index (χ4v) is 7.15. The molecule has 86 valence electrons. The molecule has 0 aromatic carbocycles. The zero-order chi connectivity index (χ0) is 12.8. The van der Waals surface area contributed by atoms with E-state index in [0.717, 1.165) is 5.20 Å². The van der Waals surface area contributed by atoms with Crippen molar-refractivity contribution in [3.8, 4) is 0 Å². The summed E-state index contributed by atoms with van der Waals surface area (Å²) < 4.78 is 6.21. The molecule has 0 bridgehead atoms. The van der Waals surface area contributed by atoms with E-state index >= 15 is 0 Å². The maximum absolute atomic E-state index is 6.21. The van der Waals surface area contributed by atoms with Crippen molar-refractivity contribution in [2.75, 3.05) is 0 Å². The first-order chi connectivity index (χ1) is 7.43. The summed E-state index contributed by atoms with van der Waals surface area (Å²) in [6.07, 6.45) is 1.72. The van der Waals surface area contributed by atoms with Gasteiger partial charge in [0.05, 0.1) is 0 Å². The lowest BCUT2D eigenvalue weighted by Gasteiger charge is -2.33. The van der Waals surface area contributed by atoms with Crippen LogP contribution in [0.4, 0.5) is 0 Å². The molecule has 16 heavy (non-hydrogen) atoms. The zero-order valence-corrected chi connectivity index (χ0v) is 12.0. The van der Waals surface area contributed by atoms with Gasteiger partial charge in [-0.3, -0.25) is 0 Å². The number of hydrogen-bond donors (Lipinski definition) is 0. The summed E-state index contributed by atoms with van der Waals surface area (Å²) in [5.74, 6) is 0. The van der Waals surface area contributed by atoms with Gasteiger partial charge in [0.2, 0.25) is 8.32 Å². The molecule has 0 spiro atoms. The molecule has 0 N–H and O–H groups in total. The largest absolute Gasteiger partial charge is 0.440 e. The Morgan fingerprint density at radius 2 is 1.38 bits per heavy atom. The van der Waals surface area contributed by atoms with Gasteiger partial charge in [-0.05, 0) is 11.7 Å². The predicted molar refractivity (Wildman–Crippen MR) is 78.6 cm³/mol. The first-order valence-corrected chi connectivity index (χ1v) is 9.62. The van der Waals surface area contributed by atoms with Crippen LogP contribution in [0, 0.1) is 0 Å². The highest BCUT2D eigenvalue weighted by Crippen LogP contribution is 2.24. The van der Waals surface area contributed by atoms with Crippen molar-refractivity contribution in [3.05, 3.63) is 73.5 Å². The van der Waals surface area contributed by atoms with Gasteiger partial charge in [0, 0.05) is 0 Å². The van der Waals surface area contributed by atoms with Crippen LogP contribution in [0.3, 0.4) is 0 Å². The third-order valence-electron chi connectivity index (χ3n) is 2.62. The molecule has 0 heterocycles. The second-order valence-electron chi connectivity index (χ2n) is 3.61. The van der Waals surface area contributed by atoms with Crippen molar-refractivity contribution in [2.24, 2.45) is 0 Å². The average Bonchev–Trinajstić information content (AvgIpc) is 2.34. The van der Waals surface area contributed by atoms with Crippen molar-refractivity contribution in [3.63, 3.8) is 0 Å². The zero-order valence-electron chi connectivity index (χ0n) is 10.0. The summed E-state index contributed by atoms with van der Waals surface area (Å²) in [7, 11) is -4.51. The van der Waals surface area contributed by atoms with Gasteiger partial charge in [-0.25, -0.2) is 0 Å². The van der Waals surface area contributed by atoms with Crippen molar-refractivity contribution >= 4 is 16.6 Å². The minimum absolute atomic E-state index is 0.893. The van der Waals surface area contributed by atoms with E-state index in [1.807, 2.05) is 12.2 Å². The molecule has 0 saturated carbocycles. The quantitative estimate of drug-likeness (QED) is 0.470. The molecule has 3 heteroatoms. The van der Waals surface area contributed by atoms with Gasteiger partial charge in [0.1, 0.15) is 0 Å². The van der Waals surface area contributed by atoms with E-state index in [4.69, 9.17) is 4.12 Å². The Morgan fingerprint density at radius 1 is 0.938 bits per heavy atom. The standard InChI is InChI=1S/C13H20OSi2/c1-8-13(6)15(7,9-2)14-16(10-3,11-4)12-5/h8-12H,1-6H2,7H3. The Kier molecular flexibility index (Phi) is 5.37. The highest BCUT2D eigenvalue weighted by Gasteiger charge is 2.36. The number of rotatable bonds is 8. The number of allylic oxidation sites excluding steroid dienone is 2. The Morgan fingerprint density at radius 3 is 1.62 bits per heavy atom. The summed E-state index contributed by atoms with van der Waals surface area (Å²) in [5, 5.41) is 0.893. The molecule has 0 aliphatic rings. The summed E-state index contributed by atoms with van der Waals surface area (Å²) in [4.78, 5) is 0. The van der Waals surface area contributed by atoms with Crippen LogP contribution in [0.15, 0.2) is 73.5 Å². The second-order valence-corrected chi connectivity index (χ2v) is 10.6. The van der Waals surface area contributed by atoms with Crippen LogP contribution in [0.1, 0.15) is 0 Å². The Labute approximate surface area is 101 Å². The van der Waals surface area contributed by atoms with Crippen LogP contribution in [0.2, 0.25) is 6.55 Å². The molecule has 0 aliphatic carbocycles. The summed E-state index contributed by atoms with van der Waals surface area (Å²) in [6.45, 7) is 25.0. The van der Waals surface area contributed by atoms with E-state index in [2.05, 4.69) is 39.5 Å². The molecule has 0 aromatic heterocycles. The Bertz CT molecular complexity index is 322. The maximum Gasteiger partial charge on any atom is 0.254 e. The van der Waals surface area contributed by atoms with Gasteiger partial charge in [-0.1, -0.05) is 42.0 Å². The van der Waals surface area contributed by atoms with Gasteiger partial charge < -0.3 is 4.12 Å². The lowest BCUT2D eigenvalue weighted by atomic mass is 10.6. The maximum atomic E-state index is 6.21. The smallest absolute Gasteiger partial charge is 0.254 e. The van der Waals surface area contributed by atoms with E-state index in [1.165, 1.54) is 0 Å². The topological polar surface area (TPSA) is 9.23 Å². The number of hydrogen-bond acceptors (Lipinski definition) is 1. The fourth-order valence-electron chi connectivity index (χ4n) is 1.18. The van der Waals surface area contributed by atoms with Gasteiger partial charge in [0.25, 0.3) is 8.32 Å². The van der Waals surface area contributed by atoms with Gasteiger partial charge >= 0.3 is 0 Å². The summed E-state index contributed by atoms with van der Waals surface area (Å²) in [5.41, 5.74) is 7.25. The molecule has 1 unspecified atom stereocenters. The van der Waals surface area contributed by atoms with E-state index in [9.17, 15) is 0 Å². The second kappa shape index (κ2) is 5.79. The van der Waals surface area contributed by atoms with Gasteiger partial charge in [0.15, 0.2) is 0 Å². The Hall–Kier alpha value is -1.17. The molecule has 1 atom stereocenters. The predicted octanol–water partition coefficient (Wildman–Crippen LogP) is 3.71. The average molecular weight is 248 g/mol. The lowest BCUT2D eigenvalue weighted by Crippen LogP contribution is -2.47. The van der Waals surface area contributed by atoms with Gasteiger partial charge in [-0.15, -0.1) is 26.3 Å². The SMILES string of the molecule is C=CC(=C)[Si](C)(C=C)O[Si](C=C)(C=C)C=C. The minimum Gasteiger partial charge on any atom is -0.440 e. The van der Waals surface area contributed by atoms with Crippen LogP contribution in [0.25, 0.3) is 0 Å². The molecule has 0 aromatic rings.